The van der Waals surface area contributed by atoms with E-state index in [2.05, 4.69) is 10.6 Å². The van der Waals surface area contributed by atoms with Crippen molar-refractivity contribution in [1.82, 2.24) is 10.6 Å². The molecule has 10 heavy (non-hydrogen) atoms. The van der Waals surface area contributed by atoms with E-state index in [4.69, 9.17) is 0 Å². The third-order valence-electron chi connectivity index (χ3n) is 2.81. The molecule has 58 valence electrons. The van der Waals surface area contributed by atoms with Gasteiger partial charge in [-0.3, -0.25) is 0 Å². The van der Waals surface area contributed by atoms with E-state index in [0.29, 0.717) is 0 Å². The Morgan fingerprint density at radius 3 is 2.70 bits per heavy atom. The second-order valence-corrected chi connectivity index (χ2v) is 3.52. The molecule has 2 fully saturated rings. The van der Waals surface area contributed by atoms with Crippen LogP contribution < -0.4 is 10.6 Å². The van der Waals surface area contributed by atoms with Crippen LogP contribution in [0.2, 0.25) is 0 Å². The highest BCUT2D eigenvalue weighted by atomic mass is 15.0. The molecular weight excluding hydrogens is 124 g/mol. The van der Waals surface area contributed by atoms with Gasteiger partial charge in [-0.2, -0.15) is 0 Å². The van der Waals surface area contributed by atoms with Gasteiger partial charge in [0.2, 0.25) is 0 Å². The van der Waals surface area contributed by atoms with Gasteiger partial charge in [0.1, 0.15) is 0 Å². The van der Waals surface area contributed by atoms with Crippen molar-refractivity contribution in [3.8, 4) is 0 Å². The van der Waals surface area contributed by atoms with Gasteiger partial charge in [0, 0.05) is 0 Å². The summed E-state index contributed by atoms with van der Waals surface area (Å²) in [5, 5.41) is 6.93. The van der Waals surface area contributed by atoms with E-state index >= 15 is 0 Å². The summed E-state index contributed by atoms with van der Waals surface area (Å²) in [6.45, 7) is 5.01. The zero-order valence-electron chi connectivity index (χ0n) is 6.40. The molecule has 0 radical (unpaired) electrons. The van der Waals surface area contributed by atoms with Crippen LogP contribution in [0, 0.1) is 11.8 Å². The lowest BCUT2D eigenvalue weighted by molar-refractivity contribution is 0.414. The fraction of sp³-hybridized carbons (Fsp3) is 1.00. The predicted octanol–water partition coefficient (Wildman–Crippen LogP) is 0.205. The van der Waals surface area contributed by atoms with Gasteiger partial charge >= 0.3 is 0 Å². The summed E-state index contributed by atoms with van der Waals surface area (Å²) in [5.74, 6) is 1.91. The minimum Gasteiger partial charge on any atom is -0.316 e. The molecule has 0 saturated carbocycles. The topological polar surface area (TPSA) is 24.1 Å². The molecule has 2 heterocycles. The lowest BCUT2D eigenvalue weighted by Gasteiger charge is -2.12. The van der Waals surface area contributed by atoms with E-state index in [1.165, 1.54) is 39.0 Å². The maximum absolute atomic E-state index is 3.48. The molecular formula is C8H16N2. The van der Waals surface area contributed by atoms with Gasteiger partial charge in [0.15, 0.2) is 0 Å². The molecule has 2 unspecified atom stereocenters. The molecule has 2 atom stereocenters. The summed E-state index contributed by atoms with van der Waals surface area (Å²) in [4.78, 5) is 0. The number of hydrogen-bond acceptors (Lipinski definition) is 2. The molecule has 0 spiro atoms. The standard InChI is InChI=1S/C8H16N2/c1-2-7-4-10-6-8(7)5-9-3-1/h7-10H,1-6H2. The molecule has 0 aromatic heterocycles. The Hall–Kier alpha value is -0.0800. The van der Waals surface area contributed by atoms with Crippen molar-refractivity contribution < 1.29 is 0 Å². The van der Waals surface area contributed by atoms with Crippen molar-refractivity contribution in [2.75, 3.05) is 26.2 Å². The maximum Gasteiger partial charge on any atom is -0.000512 e. The number of hydrogen-bond donors (Lipinski definition) is 2. The van der Waals surface area contributed by atoms with Gasteiger partial charge < -0.3 is 10.6 Å². The zero-order chi connectivity index (χ0) is 6.81. The molecule has 2 aliphatic heterocycles. The average molecular weight is 140 g/mol. The molecule has 2 N–H and O–H groups in total. The number of nitrogens with one attached hydrogen (secondary N) is 2. The van der Waals surface area contributed by atoms with Crippen LogP contribution in [0.25, 0.3) is 0 Å². The first kappa shape index (κ1) is 6.62. The molecule has 2 heteroatoms. The number of fused-ring (bicyclic) bond motifs is 1. The Labute approximate surface area is 62.4 Å². The molecule has 0 aromatic rings. The van der Waals surface area contributed by atoms with Crippen LogP contribution in [0.5, 0.6) is 0 Å². The largest absolute Gasteiger partial charge is 0.316 e. The maximum atomic E-state index is 3.48. The van der Waals surface area contributed by atoms with Gasteiger partial charge in [0.25, 0.3) is 0 Å². The summed E-state index contributed by atoms with van der Waals surface area (Å²) in [6.07, 6.45) is 2.81. The summed E-state index contributed by atoms with van der Waals surface area (Å²) in [5.41, 5.74) is 0. The summed E-state index contributed by atoms with van der Waals surface area (Å²) in [6, 6.07) is 0. The first-order valence-electron chi connectivity index (χ1n) is 4.38. The SMILES string of the molecule is C1CNCC2CNCC2C1. The van der Waals surface area contributed by atoms with Crippen LogP contribution in [0.1, 0.15) is 12.8 Å². The van der Waals surface area contributed by atoms with E-state index in [9.17, 15) is 0 Å². The normalized spacial score (nSPS) is 40.8. The molecule has 0 aliphatic carbocycles. The molecule has 0 amide bonds. The Balaban J connectivity index is 1.95. The Morgan fingerprint density at radius 2 is 1.70 bits per heavy atom. The molecule has 2 aliphatic rings. The molecule has 0 aromatic carbocycles. The van der Waals surface area contributed by atoms with E-state index in [1.807, 2.05) is 0 Å². The van der Waals surface area contributed by atoms with Crippen molar-refractivity contribution in [2.24, 2.45) is 11.8 Å². The second kappa shape index (κ2) is 2.89. The fourth-order valence-corrected chi connectivity index (χ4v) is 2.14. The monoisotopic (exact) mass is 140 g/mol. The van der Waals surface area contributed by atoms with Gasteiger partial charge in [-0.05, 0) is 50.9 Å². The van der Waals surface area contributed by atoms with Crippen LogP contribution in [0.4, 0.5) is 0 Å². The quantitative estimate of drug-likeness (QED) is 0.502. The van der Waals surface area contributed by atoms with Gasteiger partial charge in [-0.25, -0.2) is 0 Å². The molecule has 2 nitrogen and oxygen atoms in total. The van der Waals surface area contributed by atoms with Gasteiger partial charge in [-0.15, -0.1) is 0 Å². The average Bonchev–Trinajstić information content (AvgIpc) is 2.28. The number of rotatable bonds is 0. The van der Waals surface area contributed by atoms with Crippen LogP contribution in [-0.2, 0) is 0 Å². The molecule has 2 saturated heterocycles. The first-order valence-corrected chi connectivity index (χ1v) is 4.38. The fourth-order valence-electron chi connectivity index (χ4n) is 2.14. The summed E-state index contributed by atoms with van der Waals surface area (Å²) >= 11 is 0. The molecule has 2 rings (SSSR count). The highest BCUT2D eigenvalue weighted by Gasteiger charge is 2.27. The van der Waals surface area contributed by atoms with E-state index in [-0.39, 0.29) is 0 Å². The summed E-state index contributed by atoms with van der Waals surface area (Å²) in [7, 11) is 0. The van der Waals surface area contributed by atoms with Crippen LogP contribution >= 0.6 is 0 Å². The Kier molecular flexibility index (Phi) is 1.91. The minimum absolute atomic E-state index is 0.933. The Bertz CT molecular complexity index is 102. The lowest BCUT2D eigenvalue weighted by atomic mass is 9.93. The smallest absolute Gasteiger partial charge is 0.000512 e. The van der Waals surface area contributed by atoms with Crippen molar-refractivity contribution in [1.29, 1.82) is 0 Å². The van der Waals surface area contributed by atoms with Crippen molar-refractivity contribution in [2.45, 2.75) is 12.8 Å². The van der Waals surface area contributed by atoms with Crippen molar-refractivity contribution in [3.05, 3.63) is 0 Å². The second-order valence-electron chi connectivity index (χ2n) is 3.52. The first-order chi connectivity index (χ1) is 4.97. The van der Waals surface area contributed by atoms with Gasteiger partial charge in [-0.1, -0.05) is 0 Å². The highest BCUT2D eigenvalue weighted by Crippen LogP contribution is 2.22. The minimum atomic E-state index is 0.933. The van der Waals surface area contributed by atoms with Crippen LogP contribution in [0.3, 0.4) is 0 Å². The van der Waals surface area contributed by atoms with Crippen LogP contribution in [0.15, 0.2) is 0 Å². The van der Waals surface area contributed by atoms with E-state index < -0.39 is 0 Å². The molecule has 0 bridgehead atoms. The van der Waals surface area contributed by atoms with Gasteiger partial charge in [0.05, 0.1) is 0 Å². The van der Waals surface area contributed by atoms with Crippen molar-refractivity contribution >= 4 is 0 Å². The van der Waals surface area contributed by atoms with Crippen molar-refractivity contribution in [3.63, 3.8) is 0 Å². The zero-order valence-corrected chi connectivity index (χ0v) is 6.40. The van der Waals surface area contributed by atoms with Crippen LogP contribution in [-0.4, -0.2) is 26.2 Å². The third kappa shape index (κ3) is 1.18. The third-order valence-corrected chi connectivity index (χ3v) is 2.81. The van der Waals surface area contributed by atoms with E-state index in [1.54, 1.807) is 0 Å². The highest BCUT2D eigenvalue weighted by molar-refractivity contribution is 4.84. The Morgan fingerprint density at radius 1 is 0.900 bits per heavy atom. The predicted molar refractivity (Wildman–Crippen MR) is 42.0 cm³/mol. The lowest BCUT2D eigenvalue weighted by Crippen LogP contribution is -2.24. The van der Waals surface area contributed by atoms with E-state index in [0.717, 1.165) is 11.8 Å². The summed E-state index contributed by atoms with van der Waals surface area (Å²) < 4.78 is 0.